The fraction of sp³-hybridized carbons (Fsp3) is 0.312. The first-order chi connectivity index (χ1) is 9.24. The van der Waals surface area contributed by atoms with Gasteiger partial charge in [0.05, 0.1) is 12.1 Å². The second-order valence-corrected chi connectivity index (χ2v) is 5.10. The van der Waals surface area contributed by atoms with Gasteiger partial charge in [-0.05, 0) is 54.7 Å². The second-order valence-electron chi connectivity index (χ2n) is 5.10. The number of ether oxygens (including phenoxy) is 1. The number of hydrogen-bond acceptors (Lipinski definition) is 3. The summed E-state index contributed by atoms with van der Waals surface area (Å²) in [6, 6.07) is 9.92. The molecule has 3 nitrogen and oxygen atoms in total. The van der Waals surface area contributed by atoms with E-state index in [0.717, 1.165) is 16.9 Å². The highest BCUT2D eigenvalue weighted by Gasteiger charge is 2.23. The van der Waals surface area contributed by atoms with E-state index in [1.54, 1.807) is 6.20 Å². The van der Waals surface area contributed by atoms with Crippen molar-refractivity contribution in [3.8, 4) is 5.75 Å². The molecule has 3 heteroatoms. The molecular formula is C16H18N2O. The molecule has 1 aliphatic carbocycles. The lowest BCUT2D eigenvalue weighted by Gasteiger charge is -2.15. The Hall–Kier alpha value is -1.87. The summed E-state index contributed by atoms with van der Waals surface area (Å²) < 4.78 is 5.74. The first kappa shape index (κ1) is 12.2. The standard InChI is InChI=1S/C16H18N2O/c1-11-8-9-18-10-15(11)16(17)12-2-4-13(5-3-12)19-14-6-7-14/h2-5,8-10,14,16H,6-7,17H2,1H3. The Morgan fingerprint density at radius 2 is 1.95 bits per heavy atom. The van der Waals surface area contributed by atoms with Gasteiger partial charge in [0, 0.05) is 12.4 Å². The number of rotatable bonds is 4. The number of nitrogens with zero attached hydrogens (tertiary/aromatic N) is 1. The van der Waals surface area contributed by atoms with Crippen LogP contribution in [-0.4, -0.2) is 11.1 Å². The Balaban J connectivity index is 1.79. The molecule has 0 radical (unpaired) electrons. The summed E-state index contributed by atoms with van der Waals surface area (Å²) in [5.41, 5.74) is 9.62. The summed E-state index contributed by atoms with van der Waals surface area (Å²) in [7, 11) is 0. The van der Waals surface area contributed by atoms with Crippen molar-refractivity contribution < 1.29 is 4.74 Å². The summed E-state index contributed by atoms with van der Waals surface area (Å²) in [5, 5.41) is 0. The molecule has 19 heavy (non-hydrogen) atoms. The van der Waals surface area contributed by atoms with Gasteiger partial charge in [-0.15, -0.1) is 0 Å². The zero-order valence-electron chi connectivity index (χ0n) is 11.0. The van der Waals surface area contributed by atoms with Crippen molar-refractivity contribution in [3.63, 3.8) is 0 Å². The van der Waals surface area contributed by atoms with Crippen molar-refractivity contribution in [2.75, 3.05) is 0 Å². The average molecular weight is 254 g/mol. The van der Waals surface area contributed by atoms with Crippen molar-refractivity contribution >= 4 is 0 Å². The van der Waals surface area contributed by atoms with Crippen LogP contribution in [-0.2, 0) is 0 Å². The fourth-order valence-corrected chi connectivity index (χ4v) is 2.11. The summed E-state index contributed by atoms with van der Waals surface area (Å²) in [6.45, 7) is 2.06. The minimum atomic E-state index is -0.135. The molecule has 0 saturated heterocycles. The monoisotopic (exact) mass is 254 g/mol. The molecule has 1 aromatic heterocycles. The number of aryl methyl sites for hydroxylation is 1. The highest BCUT2D eigenvalue weighted by molar-refractivity contribution is 5.37. The Morgan fingerprint density at radius 3 is 2.58 bits per heavy atom. The lowest BCUT2D eigenvalue weighted by atomic mass is 9.98. The summed E-state index contributed by atoms with van der Waals surface area (Å²) >= 11 is 0. The smallest absolute Gasteiger partial charge is 0.119 e. The molecule has 0 amide bonds. The second kappa shape index (κ2) is 5.02. The third-order valence-corrected chi connectivity index (χ3v) is 3.48. The van der Waals surface area contributed by atoms with Gasteiger partial charge in [-0.2, -0.15) is 0 Å². The predicted molar refractivity (Wildman–Crippen MR) is 75.1 cm³/mol. The minimum absolute atomic E-state index is 0.135. The van der Waals surface area contributed by atoms with Crippen LogP contribution in [0.15, 0.2) is 42.7 Å². The van der Waals surface area contributed by atoms with Crippen molar-refractivity contribution in [1.29, 1.82) is 0 Å². The van der Waals surface area contributed by atoms with Crippen molar-refractivity contribution in [3.05, 3.63) is 59.4 Å². The van der Waals surface area contributed by atoms with E-state index in [2.05, 4.69) is 11.9 Å². The number of pyridine rings is 1. The van der Waals surface area contributed by atoms with E-state index in [1.165, 1.54) is 18.4 Å². The Kier molecular flexibility index (Phi) is 3.22. The van der Waals surface area contributed by atoms with Crippen molar-refractivity contribution in [2.24, 2.45) is 5.73 Å². The molecule has 2 N–H and O–H groups in total. The van der Waals surface area contributed by atoms with Gasteiger partial charge in [0.25, 0.3) is 0 Å². The predicted octanol–water partition coefficient (Wildman–Crippen LogP) is 2.98. The number of benzene rings is 1. The molecule has 0 spiro atoms. The van der Waals surface area contributed by atoms with Gasteiger partial charge in [-0.3, -0.25) is 4.98 Å². The number of nitrogens with two attached hydrogens (primary N) is 1. The Morgan fingerprint density at radius 1 is 1.21 bits per heavy atom. The van der Waals surface area contributed by atoms with E-state index < -0.39 is 0 Å². The highest BCUT2D eigenvalue weighted by Crippen LogP contribution is 2.28. The molecule has 1 aromatic carbocycles. The largest absolute Gasteiger partial charge is 0.490 e. The molecule has 2 aromatic rings. The first-order valence-electron chi connectivity index (χ1n) is 6.67. The molecule has 1 saturated carbocycles. The van der Waals surface area contributed by atoms with Gasteiger partial charge in [-0.25, -0.2) is 0 Å². The number of aromatic nitrogens is 1. The maximum absolute atomic E-state index is 6.30. The van der Waals surface area contributed by atoms with Gasteiger partial charge in [0.15, 0.2) is 0 Å². The van der Waals surface area contributed by atoms with Crippen molar-refractivity contribution in [1.82, 2.24) is 4.98 Å². The third-order valence-electron chi connectivity index (χ3n) is 3.48. The minimum Gasteiger partial charge on any atom is -0.490 e. The zero-order valence-corrected chi connectivity index (χ0v) is 11.0. The highest BCUT2D eigenvalue weighted by atomic mass is 16.5. The fourth-order valence-electron chi connectivity index (χ4n) is 2.11. The van der Waals surface area contributed by atoms with Crippen LogP contribution in [0.3, 0.4) is 0 Å². The zero-order chi connectivity index (χ0) is 13.2. The van der Waals surface area contributed by atoms with E-state index in [4.69, 9.17) is 10.5 Å². The van der Waals surface area contributed by atoms with Crippen LogP contribution in [0.25, 0.3) is 0 Å². The SMILES string of the molecule is Cc1ccncc1C(N)c1ccc(OC2CC2)cc1. The molecule has 0 bridgehead atoms. The molecule has 1 atom stereocenters. The van der Waals surface area contributed by atoms with Gasteiger partial charge in [0.2, 0.25) is 0 Å². The van der Waals surface area contributed by atoms with Gasteiger partial charge < -0.3 is 10.5 Å². The summed E-state index contributed by atoms with van der Waals surface area (Å²) in [5.74, 6) is 0.932. The van der Waals surface area contributed by atoms with E-state index in [1.807, 2.05) is 36.5 Å². The topological polar surface area (TPSA) is 48.1 Å². The molecule has 1 unspecified atom stereocenters. The Bertz CT molecular complexity index is 561. The molecule has 98 valence electrons. The van der Waals surface area contributed by atoms with E-state index in [0.29, 0.717) is 6.10 Å². The van der Waals surface area contributed by atoms with Crippen LogP contribution >= 0.6 is 0 Å². The van der Waals surface area contributed by atoms with Gasteiger partial charge in [-0.1, -0.05) is 12.1 Å². The van der Waals surface area contributed by atoms with Crippen LogP contribution < -0.4 is 10.5 Å². The maximum Gasteiger partial charge on any atom is 0.119 e. The molecule has 3 rings (SSSR count). The van der Waals surface area contributed by atoms with E-state index >= 15 is 0 Å². The normalized spacial score (nSPS) is 16.1. The maximum atomic E-state index is 6.30. The van der Waals surface area contributed by atoms with Crippen LogP contribution in [0.4, 0.5) is 0 Å². The van der Waals surface area contributed by atoms with Crippen LogP contribution in [0, 0.1) is 6.92 Å². The van der Waals surface area contributed by atoms with E-state index in [-0.39, 0.29) is 6.04 Å². The first-order valence-corrected chi connectivity index (χ1v) is 6.67. The van der Waals surface area contributed by atoms with Gasteiger partial charge in [0.1, 0.15) is 5.75 Å². The Labute approximate surface area is 113 Å². The molecule has 1 aliphatic rings. The molecular weight excluding hydrogens is 236 g/mol. The quantitative estimate of drug-likeness (QED) is 0.912. The van der Waals surface area contributed by atoms with Gasteiger partial charge >= 0.3 is 0 Å². The average Bonchev–Trinajstić information content (AvgIpc) is 3.23. The van der Waals surface area contributed by atoms with E-state index in [9.17, 15) is 0 Å². The lowest BCUT2D eigenvalue weighted by Crippen LogP contribution is -2.13. The van der Waals surface area contributed by atoms with Crippen LogP contribution in [0.5, 0.6) is 5.75 Å². The number of hydrogen-bond donors (Lipinski definition) is 1. The third kappa shape index (κ3) is 2.76. The van der Waals surface area contributed by atoms with Crippen LogP contribution in [0.2, 0.25) is 0 Å². The molecule has 1 fully saturated rings. The van der Waals surface area contributed by atoms with Crippen molar-refractivity contribution in [2.45, 2.75) is 31.9 Å². The van der Waals surface area contributed by atoms with Crippen LogP contribution in [0.1, 0.15) is 35.6 Å². The summed E-state index contributed by atoms with van der Waals surface area (Å²) in [6.07, 6.45) is 6.42. The molecule has 0 aliphatic heterocycles. The molecule has 1 heterocycles. The summed E-state index contributed by atoms with van der Waals surface area (Å²) in [4.78, 5) is 4.15. The lowest BCUT2D eigenvalue weighted by molar-refractivity contribution is 0.303.